The molecule has 0 aliphatic carbocycles. The number of hydrazone groups is 1. The first-order chi connectivity index (χ1) is 14.8. The Hall–Kier alpha value is -1.08. The van der Waals surface area contributed by atoms with Crippen LogP contribution in [0.1, 0.15) is 11.1 Å². The molecule has 2 aromatic carbocycles. The third-order valence-corrected chi connectivity index (χ3v) is 9.65. The first-order valence-corrected chi connectivity index (χ1v) is 15.8. The SMILES string of the molecule is CN[PH](=S)Oc1ccc(/C=N/N(C)[PH](=S)Oc2ccc(CP(=O)(OC)OC)cc2)cc1. The summed E-state index contributed by atoms with van der Waals surface area (Å²) < 4.78 is 35.2. The van der Waals surface area contributed by atoms with Crippen molar-refractivity contribution in [3.63, 3.8) is 0 Å². The van der Waals surface area contributed by atoms with E-state index in [1.165, 1.54) is 14.2 Å². The zero-order valence-electron chi connectivity index (χ0n) is 17.6. The molecule has 8 nitrogen and oxygen atoms in total. The van der Waals surface area contributed by atoms with Crippen molar-refractivity contribution in [1.29, 1.82) is 0 Å². The molecular weight excluding hydrogens is 495 g/mol. The molecule has 0 amide bonds. The standard InChI is InChI=1S/C18H26N3O5P3S2/c1-19-27(30)25-17-9-5-15(6-10-17)13-20-21(2)28(31)26-18-11-7-16(8-12-18)14-29(22,23-3)24-4/h5-13,27-28H,14H2,1-4H3,(H,19,30)/b20-13+. The molecule has 2 atom stereocenters. The summed E-state index contributed by atoms with van der Waals surface area (Å²) in [5, 5.41) is 7.31. The van der Waals surface area contributed by atoms with Crippen LogP contribution < -0.4 is 14.1 Å². The van der Waals surface area contributed by atoms with E-state index in [4.69, 9.17) is 41.7 Å². The van der Waals surface area contributed by atoms with Gasteiger partial charge in [0.1, 0.15) is 11.5 Å². The topological polar surface area (TPSA) is 81.6 Å². The van der Waals surface area contributed by atoms with Crippen molar-refractivity contribution in [1.82, 2.24) is 9.87 Å². The van der Waals surface area contributed by atoms with Crippen molar-refractivity contribution < 1.29 is 22.7 Å². The van der Waals surface area contributed by atoms with Gasteiger partial charge in [-0.15, -0.1) is 0 Å². The minimum Gasteiger partial charge on any atom is -0.456 e. The fourth-order valence-corrected chi connectivity index (χ4v) is 5.10. The molecule has 0 spiro atoms. The Labute approximate surface area is 194 Å². The average molecular weight is 521 g/mol. The van der Waals surface area contributed by atoms with Crippen molar-refractivity contribution in [2.45, 2.75) is 6.16 Å². The van der Waals surface area contributed by atoms with Crippen molar-refractivity contribution >= 4 is 51.6 Å². The minimum atomic E-state index is -3.11. The lowest BCUT2D eigenvalue weighted by Gasteiger charge is -2.17. The molecule has 0 heterocycles. The molecule has 0 aliphatic heterocycles. The normalized spacial score (nSPS) is 13.7. The molecule has 2 unspecified atom stereocenters. The Balaban J connectivity index is 1.92. The number of nitrogens with one attached hydrogen (secondary N) is 1. The molecule has 1 N–H and O–H groups in total. The molecule has 170 valence electrons. The third-order valence-electron chi connectivity index (χ3n) is 4.00. The van der Waals surface area contributed by atoms with Crippen LogP contribution in [-0.2, 0) is 43.4 Å². The molecule has 2 aromatic rings. The molecular formula is C18H26N3O5P3S2. The van der Waals surface area contributed by atoms with Crippen molar-refractivity contribution in [2.24, 2.45) is 5.10 Å². The Kier molecular flexibility index (Phi) is 10.8. The lowest BCUT2D eigenvalue weighted by molar-refractivity contribution is 0.275. The van der Waals surface area contributed by atoms with E-state index in [1.54, 1.807) is 49.4 Å². The average Bonchev–Trinajstić information content (AvgIpc) is 2.79. The van der Waals surface area contributed by atoms with Gasteiger partial charge in [0.05, 0.1) is 12.4 Å². The van der Waals surface area contributed by atoms with Crippen LogP contribution in [0.2, 0.25) is 0 Å². The lowest BCUT2D eigenvalue weighted by atomic mass is 10.2. The highest BCUT2D eigenvalue weighted by molar-refractivity contribution is 8.02. The number of hydrogen-bond acceptors (Lipinski definition) is 8. The highest BCUT2D eigenvalue weighted by Crippen LogP contribution is 2.49. The van der Waals surface area contributed by atoms with Gasteiger partial charge in [-0.1, -0.05) is 12.1 Å². The highest BCUT2D eigenvalue weighted by atomic mass is 32.4. The highest BCUT2D eigenvalue weighted by Gasteiger charge is 2.21. The van der Waals surface area contributed by atoms with Gasteiger partial charge in [0.2, 0.25) is 7.07 Å². The number of nitrogens with zero attached hydrogens (tertiary/aromatic N) is 2. The zero-order chi connectivity index (χ0) is 22.9. The maximum absolute atomic E-state index is 12.2. The molecule has 0 fully saturated rings. The van der Waals surface area contributed by atoms with E-state index in [0.717, 1.165) is 16.9 Å². The van der Waals surface area contributed by atoms with Crippen molar-refractivity contribution in [3.8, 4) is 11.5 Å². The summed E-state index contributed by atoms with van der Waals surface area (Å²) in [4.78, 5) is 0. The number of rotatable bonds is 12. The zero-order valence-corrected chi connectivity index (χ0v) is 22.1. The maximum atomic E-state index is 12.2. The van der Waals surface area contributed by atoms with Gasteiger partial charge < -0.3 is 18.1 Å². The van der Waals surface area contributed by atoms with E-state index in [9.17, 15) is 4.57 Å². The molecule has 0 bridgehead atoms. The molecule has 0 saturated carbocycles. The summed E-state index contributed by atoms with van der Waals surface area (Å²) in [6.45, 7) is 0. The van der Waals surface area contributed by atoms with Crippen LogP contribution in [0.25, 0.3) is 0 Å². The van der Waals surface area contributed by atoms with E-state index in [-0.39, 0.29) is 6.16 Å². The Bertz CT molecular complexity index is 966. The molecule has 0 aromatic heterocycles. The van der Waals surface area contributed by atoms with Gasteiger partial charge in [-0.25, -0.2) is 4.78 Å². The summed E-state index contributed by atoms with van der Waals surface area (Å²) in [6.07, 6.45) is 1.89. The smallest absolute Gasteiger partial charge is 0.334 e. The van der Waals surface area contributed by atoms with Crippen LogP contribution >= 0.6 is 21.7 Å². The Morgan fingerprint density at radius 1 is 1.03 bits per heavy atom. The van der Waals surface area contributed by atoms with Crippen LogP contribution in [0.4, 0.5) is 0 Å². The molecule has 0 radical (unpaired) electrons. The van der Waals surface area contributed by atoms with Crippen LogP contribution in [-0.4, -0.2) is 39.3 Å². The fraction of sp³-hybridized carbons (Fsp3) is 0.278. The van der Waals surface area contributed by atoms with Crippen LogP contribution in [0.3, 0.4) is 0 Å². The van der Waals surface area contributed by atoms with Gasteiger partial charge in [-0.3, -0.25) is 9.65 Å². The monoisotopic (exact) mass is 521 g/mol. The van der Waals surface area contributed by atoms with Gasteiger partial charge in [-0.2, -0.15) is 5.10 Å². The summed E-state index contributed by atoms with van der Waals surface area (Å²) in [6, 6.07) is 14.6. The van der Waals surface area contributed by atoms with E-state index in [2.05, 4.69) is 10.2 Å². The van der Waals surface area contributed by atoms with E-state index in [1.807, 2.05) is 24.3 Å². The molecule has 31 heavy (non-hydrogen) atoms. The summed E-state index contributed by atoms with van der Waals surface area (Å²) >= 11 is 10.6. The van der Waals surface area contributed by atoms with Crippen LogP contribution in [0.15, 0.2) is 53.6 Å². The first-order valence-electron chi connectivity index (χ1n) is 9.07. The van der Waals surface area contributed by atoms with Crippen molar-refractivity contribution in [2.75, 3.05) is 28.3 Å². The predicted molar refractivity (Wildman–Crippen MR) is 135 cm³/mol. The molecule has 13 heteroatoms. The third kappa shape index (κ3) is 8.76. The molecule has 0 aliphatic rings. The number of hydrogen-bond donors (Lipinski definition) is 1. The first kappa shape index (κ1) is 26.2. The van der Waals surface area contributed by atoms with Gasteiger partial charge >= 0.3 is 7.60 Å². The van der Waals surface area contributed by atoms with Gasteiger partial charge in [0.25, 0.3) is 0 Å². The minimum absolute atomic E-state index is 0.184. The van der Waals surface area contributed by atoms with E-state index in [0.29, 0.717) is 5.75 Å². The predicted octanol–water partition coefficient (Wildman–Crippen LogP) is 4.63. The van der Waals surface area contributed by atoms with E-state index >= 15 is 0 Å². The van der Waals surface area contributed by atoms with E-state index < -0.39 is 21.7 Å². The second-order valence-electron chi connectivity index (χ2n) is 6.12. The largest absolute Gasteiger partial charge is 0.456 e. The lowest BCUT2D eigenvalue weighted by Crippen LogP contribution is -2.03. The summed E-state index contributed by atoms with van der Waals surface area (Å²) in [5.74, 6) is 1.34. The fourth-order valence-electron chi connectivity index (χ4n) is 2.24. The quantitative estimate of drug-likeness (QED) is 0.244. The van der Waals surface area contributed by atoms with Crippen LogP contribution in [0.5, 0.6) is 11.5 Å². The van der Waals surface area contributed by atoms with Gasteiger partial charge in [0.15, 0.2) is 7.07 Å². The summed E-state index contributed by atoms with van der Waals surface area (Å²) in [5.41, 5.74) is 1.71. The molecule has 0 saturated heterocycles. The van der Waals surface area contributed by atoms with Gasteiger partial charge in [0, 0.05) is 21.3 Å². The second-order valence-corrected chi connectivity index (χ2v) is 13.2. The van der Waals surface area contributed by atoms with Crippen molar-refractivity contribution in [3.05, 3.63) is 59.7 Å². The summed E-state index contributed by atoms with van der Waals surface area (Å²) in [7, 11) is -0.0530. The Morgan fingerprint density at radius 2 is 1.58 bits per heavy atom. The second kappa shape index (κ2) is 12.8. The maximum Gasteiger partial charge on any atom is 0.334 e. The van der Waals surface area contributed by atoms with Gasteiger partial charge in [-0.05, 0) is 78.2 Å². The number of benzene rings is 2. The molecule has 2 rings (SSSR count). The van der Waals surface area contributed by atoms with Crippen LogP contribution in [0, 0.1) is 0 Å². The Morgan fingerprint density at radius 3 is 2.13 bits per heavy atom.